The molecule has 1 amide bonds. The summed E-state index contributed by atoms with van der Waals surface area (Å²) in [7, 11) is 0. The Bertz CT molecular complexity index is 1200. The van der Waals surface area contributed by atoms with Gasteiger partial charge in [0.05, 0.1) is 0 Å². The Labute approximate surface area is 195 Å². The van der Waals surface area contributed by atoms with Gasteiger partial charge in [0, 0.05) is 22.6 Å². The molecule has 0 bridgehead atoms. The van der Waals surface area contributed by atoms with Crippen molar-refractivity contribution in [1.82, 2.24) is 9.88 Å². The number of anilines is 1. The van der Waals surface area contributed by atoms with Crippen molar-refractivity contribution < 1.29 is 9.53 Å². The minimum Gasteiger partial charge on any atom is -0.489 e. The van der Waals surface area contributed by atoms with Crippen LogP contribution in [0.3, 0.4) is 0 Å². The quantitative estimate of drug-likeness (QED) is 0.316. The van der Waals surface area contributed by atoms with Crippen LogP contribution in [-0.4, -0.2) is 28.9 Å². The molecule has 4 aromatic rings. The molecule has 0 aliphatic heterocycles. The SMILES string of the molecule is CCN(CC)C(C)c1ccc(NC(=O)c2cc3cc(OCc4ccccc4)ccc3[nH]2)cc1. The van der Waals surface area contributed by atoms with Gasteiger partial charge in [0.15, 0.2) is 0 Å². The zero-order chi connectivity index (χ0) is 23.2. The van der Waals surface area contributed by atoms with E-state index in [0.29, 0.717) is 18.3 Å². The number of carbonyl (C=O) groups excluding carboxylic acids is 1. The number of aromatic nitrogens is 1. The lowest BCUT2D eigenvalue weighted by atomic mass is 10.1. The molecule has 1 unspecified atom stereocenters. The van der Waals surface area contributed by atoms with Gasteiger partial charge >= 0.3 is 0 Å². The van der Waals surface area contributed by atoms with E-state index in [1.807, 2.05) is 66.7 Å². The highest BCUT2D eigenvalue weighted by molar-refractivity contribution is 6.06. The van der Waals surface area contributed by atoms with Crippen LogP contribution in [0.4, 0.5) is 5.69 Å². The standard InChI is InChI=1S/C28H31N3O2/c1-4-31(5-2)20(3)22-11-13-24(14-12-22)29-28(32)27-18-23-17-25(15-16-26(23)30-27)33-19-21-9-7-6-8-10-21/h6-18,20,30H,4-5,19H2,1-3H3,(H,29,32). The van der Waals surface area contributed by atoms with Gasteiger partial charge in [-0.1, -0.05) is 56.3 Å². The van der Waals surface area contributed by atoms with Crippen molar-refractivity contribution in [2.75, 3.05) is 18.4 Å². The van der Waals surface area contributed by atoms with Crippen molar-refractivity contribution in [3.05, 3.63) is 95.7 Å². The molecule has 1 atom stereocenters. The summed E-state index contributed by atoms with van der Waals surface area (Å²) in [6, 6.07) is 26.2. The molecular formula is C28H31N3O2. The Hall–Kier alpha value is -3.57. The zero-order valence-electron chi connectivity index (χ0n) is 19.5. The first-order valence-corrected chi connectivity index (χ1v) is 11.5. The van der Waals surface area contributed by atoms with Crippen LogP contribution >= 0.6 is 0 Å². The van der Waals surface area contributed by atoms with Crippen LogP contribution in [0.2, 0.25) is 0 Å². The number of H-pyrrole nitrogens is 1. The molecular weight excluding hydrogens is 410 g/mol. The molecule has 0 fully saturated rings. The van der Waals surface area contributed by atoms with Gasteiger partial charge < -0.3 is 15.0 Å². The molecule has 2 N–H and O–H groups in total. The average molecular weight is 442 g/mol. The van der Waals surface area contributed by atoms with E-state index in [1.165, 1.54) is 5.56 Å². The van der Waals surface area contributed by atoms with Gasteiger partial charge in [-0.2, -0.15) is 0 Å². The molecule has 4 rings (SSSR count). The second-order valence-electron chi connectivity index (χ2n) is 8.18. The summed E-state index contributed by atoms with van der Waals surface area (Å²) >= 11 is 0. The van der Waals surface area contributed by atoms with Crippen LogP contribution in [0.15, 0.2) is 78.9 Å². The monoisotopic (exact) mass is 441 g/mol. The van der Waals surface area contributed by atoms with E-state index in [-0.39, 0.29) is 5.91 Å². The highest BCUT2D eigenvalue weighted by Crippen LogP contribution is 2.24. The summed E-state index contributed by atoms with van der Waals surface area (Å²) in [4.78, 5) is 18.4. The second kappa shape index (κ2) is 10.4. The fourth-order valence-electron chi connectivity index (χ4n) is 4.09. The van der Waals surface area contributed by atoms with Crippen molar-refractivity contribution in [3.8, 4) is 5.75 Å². The van der Waals surface area contributed by atoms with E-state index in [0.717, 1.165) is 41.0 Å². The Morgan fingerprint density at radius 2 is 1.70 bits per heavy atom. The van der Waals surface area contributed by atoms with Gasteiger partial charge in [-0.05, 0) is 67.5 Å². The molecule has 0 aliphatic rings. The average Bonchev–Trinajstić information content (AvgIpc) is 3.28. The fourth-order valence-corrected chi connectivity index (χ4v) is 4.09. The molecule has 0 aliphatic carbocycles. The molecule has 5 nitrogen and oxygen atoms in total. The summed E-state index contributed by atoms with van der Waals surface area (Å²) in [6.07, 6.45) is 0. The van der Waals surface area contributed by atoms with Gasteiger partial charge in [0.1, 0.15) is 18.1 Å². The van der Waals surface area contributed by atoms with E-state index in [9.17, 15) is 4.79 Å². The maximum absolute atomic E-state index is 12.8. The van der Waals surface area contributed by atoms with Gasteiger partial charge in [0.25, 0.3) is 5.91 Å². The largest absolute Gasteiger partial charge is 0.489 e. The minimum absolute atomic E-state index is 0.164. The van der Waals surface area contributed by atoms with Crippen molar-refractivity contribution in [2.24, 2.45) is 0 Å². The first-order chi connectivity index (χ1) is 16.1. The van der Waals surface area contributed by atoms with Crippen molar-refractivity contribution in [2.45, 2.75) is 33.4 Å². The van der Waals surface area contributed by atoms with Crippen LogP contribution in [-0.2, 0) is 6.61 Å². The van der Waals surface area contributed by atoms with Gasteiger partial charge in [0.2, 0.25) is 0 Å². The molecule has 1 aromatic heterocycles. The molecule has 5 heteroatoms. The minimum atomic E-state index is -0.164. The molecule has 0 radical (unpaired) electrons. The zero-order valence-corrected chi connectivity index (χ0v) is 19.5. The van der Waals surface area contributed by atoms with Crippen LogP contribution in [0.1, 0.15) is 48.4 Å². The molecule has 1 heterocycles. The number of benzene rings is 3. The number of aromatic amines is 1. The Kier molecular flexibility index (Phi) is 7.10. The lowest BCUT2D eigenvalue weighted by Crippen LogP contribution is -2.26. The number of hydrogen-bond acceptors (Lipinski definition) is 3. The number of rotatable bonds is 9. The first-order valence-electron chi connectivity index (χ1n) is 11.5. The molecule has 0 spiro atoms. The summed E-state index contributed by atoms with van der Waals surface area (Å²) in [5.74, 6) is 0.609. The third-order valence-corrected chi connectivity index (χ3v) is 6.10. The van der Waals surface area contributed by atoms with E-state index in [2.05, 4.69) is 48.1 Å². The Balaban J connectivity index is 1.41. The highest BCUT2D eigenvalue weighted by atomic mass is 16.5. The predicted octanol–water partition coefficient (Wildman–Crippen LogP) is 6.40. The summed E-state index contributed by atoms with van der Waals surface area (Å²) in [5, 5.41) is 3.93. The number of hydrogen-bond donors (Lipinski definition) is 2. The molecule has 33 heavy (non-hydrogen) atoms. The van der Waals surface area contributed by atoms with Crippen LogP contribution in [0.5, 0.6) is 5.75 Å². The molecule has 3 aromatic carbocycles. The van der Waals surface area contributed by atoms with Crippen molar-refractivity contribution in [3.63, 3.8) is 0 Å². The maximum atomic E-state index is 12.8. The number of nitrogens with zero attached hydrogens (tertiary/aromatic N) is 1. The highest BCUT2D eigenvalue weighted by Gasteiger charge is 2.14. The van der Waals surface area contributed by atoms with Crippen molar-refractivity contribution in [1.29, 1.82) is 0 Å². The lowest BCUT2D eigenvalue weighted by Gasteiger charge is -2.26. The number of carbonyl (C=O) groups is 1. The predicted molar refractivity (Wildman–Crippen MR) is 135 cm³/mol. The fraction of sp³-hybridized carbons (Fsp3) is 0.250. The lowest BCUT2D eigenvalue weighted by molar-refractivity contribution is 0.102. The van der Waals surface area contributed by atoms with E-state index in [1.54, 1.807) is 0 Å². The Morgan fingerprint density at radius 1 is 0.970 bits per heavy atom. The third kappa shape index (κ3) is 5.44. The van der Waals surface area contributed by atoms with Gasteiger partial charge in [-0.25, -0.2) is 0 Å². The van der Waals surface area contributed by atoms with Gasteiger partial charge in [-0.15, -0.1) is 0 Å². The maximum Gasteiger partial charge on any atom is 0.272 e. The smallest absolute Gasteiger partial charge is 0.272 e. The van der Waals surface area contributed by atoms with E-state index in [4.69, 9.17) is 4.74 Å². The first kappa shape index (κ1) is 22.6. The van der Waals surface area contributed by atoms with E-state index >= 15 is 0 Å². The number of amides is 1. The summed E-state index contributed by atoms with van der Waals surface area (Å²) in [6.45, 7) is 9.08. The van der Waals surface area contributed by atoms with E-state index < -0.39 is 0 Å². The normalized spacial score (nSPS) is 12.1. The number of ether oxygens (including phenoxy) is 1. The molecule has 170 valence electrons. The summed E-state index contributed by atoms with van der Waals surface area (Å²) < 4.78 is 5.91. The number of nitrogens with one attached hydrogen (secondary N) is 2. The van der Waals surface area contributed by atoms with Crippen LogP contribution in [0, 0.1) is 0 Å². The topological polar surface area (TPSA) is 57.4 Å². The van der Waals surface area contributed by atoms with Crippen LogP contribution in [0.25, 0.3) is 10.9 Å². The van der Waals surface area contributed by atoms with Crippen LogP contribution < -0.4 is 10.1 Å². The van der Waals surface area contributed by atoms with Gasteiger partial charge in [-0.3, -0.25) is 9.69 Å². The third-order valence-electron chi connectivity index (χ3n) is 6.10. The van der Waals surface area contributed by atoms with Crippen molar-refractivity contribution >= 4 is 22.5 Å². The Morgan fingerprint density at radius 3 is 2.39 bits per heavy atom. The molecule has 0 saturated heterocycles. The summed E-state index contributed by atoms with van der Waals surface area (Å²) in [5.41, 5.74) is 4.55. The second-order valence-corrected chi connectivity index (χ2v) is 8.18. The number of fused-ring (bicyclic) bond motifs is 1. The molecule has 0 saturated carbocycles.